The second-order valence-corrected chi connectivity index (χ2v) is 11.2. The maximum absolute atomic E-state index is 13.3. The maximum Gasteiger partial charge on any atom is 0.296 e. The minimum absolute atomic E-state index is 0. The molecular weight excluding hydrogens is 528 g/mol. The van der Waals surface area contributed by atoms with Crippen molar-refractivity contribution in [1.82, 2.24) is 24.1 Å². The van der Waals surface area contributed by atoms with Crippen LogP contribution in [-0.4, -0.2) is 59.8 Å². The monoisotopic (exact) mass is 562 g/mol. The average molecular weight is 563 g/mol. The number of piperidine rings is 1. The fourth-order valence-electron chi connectivity index (χ4n) is 5.96. The van der Waals surface area contributed by atoms with Gasteiger partial charge < -0.3 is 15.7 Å². The summed E-state index contributed by atoms with van der Waals surface area (Å²) in [5.74, 6) is 0.219. The van der Waals surface area contributed by atoms with E-state index in [1.807, 2.05) is 41.3 Å². The highest BCUT2D eigenvalue weighted by atomic mass is 35.5. The summed E-state index contributed by atoms with van der Waals surface area (Å²) in [5.41, 5.74) is 10.3. The van der Waals surface area contributed by atoms with Gasteiger partial charge >= 0.3 is 0 Å². The number of benzene rings is 2. The molecule has 0 bridgehead atoms. The van der Waals surface area contributed by atoms with Crippen LogP contribution in [0.1, 0.15) is 48.8 Å². The largest absolute Gasteiger partial charge is 0.388 e. The van der Waals surface area contributed by atoms with E-state index in [1.54, 1.807) is 10.7 Å². The molecule has 10 heteroatoms. The number of amides is 1. The van der Waals surface area contributed by atoms with E-state index < -0.39 is 5.60 Å². The summed E-state index contributed by atoms with van der Waals surface area (Å²) in [6, 6.07) is 16.4. The molecule has 4 aromatic rings. The number of carbonyl (C=O) groups is 1. The van der Waals surface area contributed by atoms with Crippen LogP contribution >= 0.6 is 12.4 Å². The van der Waals surface area contributed by atoms with Crippen molar-refractivity contribution in [2.24, 2.45) is 5.73 Å². The number of hydrogen-bond acceptors (Lipinski definition) is 6. The highest BCUT2D eigenvalue weighted by molar-refractivity contribution is 5.85. The van der Waals surface area contributed by atoms with E-state index in [2.05, 4.69) is 29.1 Å². The van der Waals surface area contributed by atoms with Gasteiger partial charge in [0.15, 0.2) is 0 Å². The van der Waals surface area contributed by atoms with E-state index >= 15 is 0 Å². The lowest BCUT2D eigenvalue weighted by Gasteiger charge is -2.38. The molecule has 2 atom stereocenters. The number of likely N-dealkylation sites (tertiary alicyclic amines) is 1. The Balaban J connectivity index is 0.00000323. The van der Waals surface area contributed by atoms with E-state index in [4.69, 9.17) is 5.73 Å². The highest BCUT2D eigenvalue weighted by Crippen LogP contribution is 2.29. The Morgan fingerprint density at radius 2 is 1.85 bits per heavy atom. The van der Waals surface area contributed by atoms with Crippen LogP contribution in [0.15, 0.2) is 65.8 Å². The fourth-order valence-corrected chi connectivity index (χ4v) is 5.96. The van der Waals surface area contributed by atoms with E-state index in [9.17, 15) is 14.7 Å². The molecule has 40 heavy (non-hydrogen) atoms. The van der Waals surface area contributed by atoms with Crippen molar-refractivity contribution in [1.29, 1.82) is 0 Å². The minimum Gasteiger partial charge on any atom is -0.388 e. The standard InChI is InChI=1S/C30H34N6O3.ClH/c1-20(21-5-3-2-4-6-21)13-27(37)34-11-9-30(39,10-12-34)18-35-19-33-36-26(17-32-28(36)29(35)38)23-8-7-22-15-25(31)16-24(22)14-23;/h2-8,14,17,19-20,25,39H,9-13,15-16,18,31H2,1H3;1H/t20-,25?;/m1./s1. The first-order chi connectivity index (χ1) is 18.8. The van der Waals surface area contributed by atoms with Crippen LogP contribution < -0.4 is 11.3 Å². The Hall–Kier alpha value is -3.53. The highest BCUT2D eigenvalue weighted by Gasteiger charge is 2.35. The number of fused-ring (bicyclic) bond motifs is 2. The quantitative estimate of drug-likeness (QED) is 0.373. The van der Waals surface area contributed by atoms with Crippen molar-refractivity contribution in [2.75, 3.05) is 13.1 Å². The summed E-state index contributed by atoms with van der Waals surface area (Å²) in [6.45, 7) is 3.08. The van der Waals surface area contributed by atoms with E-state index in [0.717, 1.165) is 29.7 Å². The molecule has 3 heterocycles. The third-order valence-electron chi connectivity index (χ3n) is 8.32. The second kappa shape index (κ2) is 11.2. The molecule has 6 rings (SSSR count). The van der Waals surface area contributed by atoms with Gasteiger partial charge in [-0.3, -0.25) is 14.2 Å². The molecule has 2 aliphatic rings. The van der Waals surface area contributed by atoms with Crippen LogP contribution in [0, 0.1) is 0 Å². The molecule has 1 aliphatic heterocycles. The van der Waals surface area contributed by atoms with Crippen LogP contribution in [0.2, 0.25) is 0 Å². The predicted octanol–water partition coefficient (Wildman–Crippen LogP) is 2.95. The second-order valence-electron chi connectivity index (χ2n) is 11.2. The van der Waals surface area contributed by atoms with Crippen LogP contribution in [-0.2, 0) is 24.2 Å². The molecule has 1 fully saturated rings. The topological polar surface area (TPSA) is 119 Å². The Morgan fingerprint density at radius 1 is 1.12 bits per heavy atom. The molecule has 1 aliphatic carbocycles. The van der Waals surface area contributed by atoms with Crippen molar-refractivity contribution in [2.45, 2.75) is 63.1 Å². The van der Waals surface area contributed by atoms with Crippen LogP contribution in [0.4, 0.5) is 0 Å². The van der Waals surface area contributed by atoms with Gasteiger partial charge in [-0.25, -0.2) is 9.50 Å². The number of aliphatic hydroxyl groups is 1. The molecule has 3 N–H and O–H groups in total. The molecule has 1 unspecified atom stereocenters. The van der Waals surface area contributed by atoms with Crippen molar-refractivity contribution >= 4 is 24.0 Å². The lowest BCUT2D eigenvalue weighted by atomic mass is 9.90. The number of rotatable bonds is 6. The maximum atomic E-state index is 13.3. The number of imidazole rings is 1. The third kappa shape index (κ3) is 5.41. The first kappa shape index (κ1) is 28.0. The van der Waals surface area contributed by atoms with Crippen molar-refractivity contribution in [3.05, 3.63) is 88.1 Å². The zero-order chi connectivity index (χ0) is 27.1. The molecule has 1 saturated heterocycles. The summed E-state index contributed by atoms with van der Waals surface area (Å²) in [7, 11) is 0. The molecule has 1 amide bonds. The van der Waals surface area contributed by atoms with Crippen LogP contribution in [0.25, 0.3) is 16.9 Å². The summed E-state index contributed by atoms with van der Waals surface area (Å²) < 4.78 is 3.00. The third-order valence-corrected chi connectivity index (χ3v) is 8.32. The summed E-state index contributed by atoms with van der Waals surface area (Å²) in [5, 5.41) is 15.8. The van der Waals surface area contributed by atoms with Gasteiger partial charge in [-0.1, -0.05) is 49.4 Å². The number of hydrogen-bond donors (Lipinski definition) is 2. The van der Waals surface area contributed by atoms with Gasteiger partial charge in [-0.05, 0) is 54.4 Å². The number of halogens is 1. The summed E-state index contributed by atoms with van der Waals surface area (Å²) in [4.78, 5) is 32.4. The summed E-state index contributed by atoms with van der Waals surface area (Å²) in [6.07, 6.45) is 6.09. The Labute approximate surface area is 239 Å². The van der Waals surface area contributed by atoms with Crippen molar-refractivity contribution < 1.29 is 9.90 Å². The predicted molar refractivity (Wildman–Crippen MR) is 156 cm³/mol. The SMILES string of the molecule is C[C@H](CC(=O)N1CCC(O)(Cn2cnn3c(-c4ccc5c(c4)CC(N)C5)cnc3c2=O)CC1)c1ccccc1.Cl. The first-order valence-electron chi connectivity index (χ1n) is 13.7. The number of nitrogens with two attached hydrogens (primary N) is 1. The molecule has 210 valence electrons. The molecule has 0 spiro atoms. The Bertz CT molecular complexity index is 1580. The molecule has 2 aromatic heterocycles. The normalized spacial score (nSPS) is 18.8. The van der Waals surface area contributed by atoms with Crippen LogP contribution in [0.5, 0.6) is 0 Å². The van der Waals surface area contributed by atoms with Crippen LogP contribution in [0.3, 0.4) is 0 Å². The van der Waals surface area contributed by atoms with Gasteiger partial charge in [0.05, 0.1) is 24.0 Å². The fraction of sp³-hybridized carbons (Fsp3) is 0.400. The lowest BCUT2D eigenvalue weighted by molar-refractivity contribution is -0.136. The Morgan fingerprint density at radius 3 is 2.60 bits per heavy atom. The minimum atomic E-state index is -1.10. The van der Waals surface area contributed by atoms with Gasteiger partial charge in [0, 0.05) is 31.1 Å². The summed E-state index contributed by atoms with van der Waals surface area (Å²) >= 11 is 0. The van der Waals surface area contributed by atoms with E-state index in [-0.39, 0.29) is 48.0 Å². The van der Waals surface area contributed by atoms with Gasteiger partial charge in [0.25, 0.3) is 5.56 Å². The van der Waals surface area contributed by atoms with Gasteiger partial charge in [0.2, 0.25) is 11.6 Å². The Kier molecular flexibility index (Phi) is 7.81. The zero-order valence-corrected chi connectivity index (χ0v) is 23.4. The van der Waals surface area contributed by atoms with Gasteiger partial charge in [-0.15, -0.1) is 12.4 Å². The van der Waals surface area contributed by atoms with Crippen molar-refractivity contribution in [3.63, 3.8) is 0 Å². The zero-order valence-electron chi connectivity index (χ0n) is 22.6. The number of nitrogens with zero attached hydrogens (tertiary/aromatic N) is 5. The number of aromatic nitrogens is 4. The van der Waals surface area contributed by atoms with Gasteiger partial charge in [0.1, 0.15) is 6.33 Å². The first-order valence-corrected chi connectivity index (χ1v) is 13.7. The van der Waals surface area contributed by atoms with E-state index in [1.165, 1.54) is 22.0 Å². The van der Waals surface area contributed by atoms with Gasteiger partial charge in [-0.2, -0.15) is 5.10 Å². The molecule has 0 radical (unpaired) electrons. The average Bonchev–Trinajstić information content (AvgIpc) is 3.53. The molecule has 0 saturated carbocycles. The lowest BCUT2D eigenvalue weighted by Crippen LogP contribution is -2.50. The molecule has 2 aromatic carbocycles. The number of carbonyl (C=O) groups excluding carboxylic acids is 1. The molecular formula is C30H35ClN6O3. The van der Waals surface area contributed by atoms with E-state index in [0.29, 0.717) is 32.4 Å². The van der Waals surface area contributed by atoms with Crippen molar-refractivity contribution in [3.8, 4) is 11.3 Å². The smallest absolute Gasteiger partial charge is 0.296 e. The molecule has 9 nitrogen and oxygen atoms in total.